The maximum Gasteiger partial charge on any atom is 0.414 e. The van der Waals surface area contributed by atoms with E-state index < -0.39 is 11.9 Å². The Kier molecular flexibility index (Phi) is 5.17. The van der Waals surface area contributed by atoms with Crippen LogP contribution in [0.5, 0.6) is 0 Å². The summed E-state index contributed by atoms with van der Waals surface area (Å²) in [6, 6.07) is 5.02. The number of carboxylic acid groups (broad SMARTS) is 2. The minimum atomic E-state index is -1.06. The summed E-state index contributed by atoms with van der Waals surface area (Å²) in [5.41, 5.74) is 0.167. The van der Waals surface area contributed by atoms with Crippen LogP contribution in [0.2, 0.25) is 0 Å². The van der Waals surface area contributed by atoms with E-state index in [4.69, 9.17) is 20.1 Å². The molecule has 0 aliphatic carbocycles. The van der Waals surface area contributed by atoms with Crippen molar-refractivity contribution >= 4 is 18.4 Å². The van der Waals surface area contributed by atoms with Crippen molar-refractivity contribution in [3.63, 3.8) is 0 Å². The predicted molar refractivity (Wildman–Crippen MR) is 48.7 cm³/mol. The quantitative estimate of drug-likeness (QED) is 0.663. The number of hydrogen-bond donors (Lipinski definition) is 3. The van der Waals surface area contributed by atoms with Gasteiger partial charge in [0.2, 0.25) is 0 Å². The van der Waals surface area contributed by atoms with Gasteiger partial charge in [0.25, 0.3) is 0 Å². The van der Waals surface area contributed by atoms with Crippen molar-refractivity contribution in [1.29, 1.82) is 0 Å². The Morgan fingerprint density at radius 3 is 1.27 bits per heavy atom. The lowest BCUT2D eigenvalue weighted by atomic mass is 10.1. The predicted octanol–water partition coefficient (Wildman–Crippen LogP) is 0.695. The summed E-state index contributed by atoms with van der Waals surface area (Å²) in [4.78, 5) is 28.9. The van der Waals surface area contributed by atoms with Gasteiger partial charge in [-0.3, -0.25) is 0 Å². The van der Waals surface area contributed by atoms with Gasteiger partial charge in [0, 0.05) is 0 Å². The number of benzene rings is 1. The molecule has 0 fully saturated rings. The maximum absolute atomic E-state index is 10.3. The van der Waals surface area contributed by atoms with Gasteiger partial charge in [-0.25, -0.2) is 14.4 Å². The molecule has 15 heavy (non-hydrogen) atoms. The molecule has 6 nitrogen and oxygen atoms in total. The normalized spacial score (nSPS) is 8.27. The van der Waals surface area contributed by atoms with E-state index in [2.05, 4.69) is 0 Å². The molecule has 0 aliphatic heterocycles. The molecule has 1 aromatic carbocycles. The van der Waals surface area contributed by atoms with Gasteiger partial charge in [-0.15, -0.1) is 0 Å². The van der Waals surface area contributed by atoms with Crippen LogP contribution in [0.3, 0.4) is 0 Å². The Balaban J connectivity index is 0.000000583. The van der Waals surface area contributed by atoms with Crippen LogP contribution < -0.4 is 0 Å². The van der Waals surface area contributed by atoms with Crippen molar-refractivity contribution in [2.75, 3.05) is 0 Å². The smallest absolute Gasteiger partial charge is 0.414 e. The van der Waals surface area contributed by atoms with Crippen LogP contribution >= 0.6 is 0 Å². The fourth-order valence-electron chi connectivity index (χ4n) is 0.755. The lowest BCUT2D eigenvalue weighted by Gasteiger charge is -1.94. The van der Waals surface area contributed by atoms with Crippen molar-refractivity contribution in [3.8, 4) is 0 Å². The van der Waals surface area contributed by atoms with Crippen molar-refractivity contribution in [2.24, 2.45) is 0 Å². The maximum atomic E-state index is 10.3. The zero-order valence-corrected chi connectivity index (χ0v) is 7.38. The van der Waals surface area contributed by atoms with Gasteiger partial charge >= 0.3 is 18.4 Å². The van der Waals surface area contributed by atoms with Crippen LogP contribution in [0.15, 0.2) is 24.3 Å². The first kappa shape index (κ1) is 12.6. The number of rotatable bonds is 2. The number of aliphatic hydroxyl groups excluding tert-OH is 1. The average molecular weight is 211 g/mol. The second-order valence-electron chi connectivity index (χ2n) is 2.28. The van der Waals surface area contributed by atoms with Crippen molar-refractivity contribution in [2.45, 2.75) is 0 Å². The highest BCUT2D eigenvalue weighted by atomic mass is 16.4. The molecule has 0 atom stereocenters. The average Bonchev–Trinajstić information content (AvgIpc) is 2.19. The molecule has 1 radical (unpaired) electrons. The van der Waals surface area contributed by atoms with Gasteiger partial charge in [0.15, 0.2) is 0 Å². The first-order valence-electron chi connectivity index (χ1n) is 3.60. The molecule has 3 N–H and O–H groups in total. The summed E-state index contributed by atoms with van der Waals surface area (Å²) in [6.07, 6.45) is 0. The number of carboxylic acids is 2. The molecule has 0 saturated heterocycles. The Bertz CT molecular complexity index is 320. The van der Waals surface area contributed by atoms with E-state index in [0.29, 0.717) is 6.47 Å². The van der Waals surface area contributed by atoms with Gasteiger partial charge in [-0.2, -0.15) is 0 Å². The first-order valence-corrected chi connectivity index (χ1v) is 3.60. The molecular formula is C9H7O6. The first-order chi connectivity index (χ1) is 7.02. The zero-order chi connectivity index (χ0) is 11.8. The SMILES string of the molecule is O=C(O)c1ccc(C(=O)O)cc1.O=[C]O. The molecule has 0 saturated carbocycles. The highest BCUT2D eigenvalue weighted by molar-refractivity contribution is 5.91. The van der Waals surface area contributed by atoms with E-state index >= 15 is 0 Å². The number of aromatic carboxylic acids is 2. The number of hydrogen-bond acceptors (Lipinski definition) is 3. The molecule has 0 aromatic heterocycles. The minimum absolute atomic E-state index is 0.0833. The molecule has 79 valence electrons. The monoisotopic (exact) mass is 211 g/mol. The van der Waals surface area contributed by atoms with Crippen molar-refractivity contribution in [3.05, 3.63) is 35.4 Å². The molecule has 0 aliphatic rings. The second-order valence-corrected chi connectivity index (χ2v) is 2.28. The largest absolute Gasteiger partial charge is 0.478 e. The molecule has 0 unspecified atom stereocenters. The summed E-state index contributed by atoms with van der Waals surface area (Å²) in [5.74, 6) is -2.13. The Hall–Kier alpha value is -2.37. The van der Waals surface area contributed by atoms with E-state index in [-0.39, 0.29) is 11.1 Å². The molecule has 1 aromatic rings. The zero-order valence-electron chi connectivity index (χ0n) is 7.38. The van der Waals surface area contributed by atoms with Gasteiger partial charge in [-0.1, -0.05) is 0 Å². The van der Waals surface area contributed by atoms with Gasteiger partial charge in [0.1, 0.15) is 0 Å². The van der Waals surface area contributed by atoms with Gasteiger partial charge in [0.05, 0.1) is 11.1 Å². The summed E-state index contributed by atoms with van der Waals surface area (Å²) in [7, 11) is 0. The fourth-order valence-corrected chi connectivity index (χ4v) is 0.755. The van der Waals surface area contributed by atoms with E-state index in [0.717, 1.165) is 0 Å². The van der Waals surface area contributed by atoms with Crippen LogP contribution in [0.1, 0.15) is 20.7 Å². The highest BCUT2D eigenvalue weighted by Crippen LogP contribution is 2.03. The highest BCUT2D eigenvalue weighted by Gasteiger charge is 2.04. The molecule has 0 heterocycles. The Morgan fingerprint density at radius 2 is 1.13 bits per heavy atom. The van der Waals surface area contributed by atoms with Crippen molar-refractivity contribution in [1.82, 2.24) is 0 Å². The molecular weight excluding hydrogens is 204 g/mol. The Morgan fingerprint density at radius 1 is 0.933 bits per heavy atom. The lowest BCUT2D eigenvalue weighted by Crippen LogP contribution is -1.99. The summed E-state index contributed by atoms with van der Waals surface area (Å²) < 4.78 is 0. The lowest BCUT2D eigenvalue weighted by molar-refractivity contribution is 0.0681. The molecule has 0 amide bonds. The topological polar surface area (TPSA) is 112 Å². The summed E-state index contributed by atoms with van der Waals surface area (Å²) in [5, 5.41) is 23.7. The standard InChI is InChI=1S/C8H6O4.CHO2/c9-7(10)5-1-2-6(4-3-5)8(11)12;2-1-3/h1-4H,(H,9,10)(H,11,12);(H,2,3). The van der Waals surface area contributed by atoms with Crippen LogP contribution in [-0.4, -0.2) is 33.7 Å². The third-order valence-corrected chi connectivity index (χ3v) is 1.38. The van der Waals surface area contributed by atoms with Crippen molar-refractivity contribution < 1.29 is 29.7 Å². The molecule has 0 spiro atoms. The molecule has 1 rings (SSSR count). The van der Waals surface area contributed by atoms with Crippen LogP contribution in [0.25, 0.3) is 0 Å². The molecule has 0 bridgehead atoms. The third kappa shape index (κ3) is 4.41. The third-order valence-electron chi connectivity index (χ3n) is 1.38. The molecule has 6 heteroatoms. The Labute approximate surface area is 84.4 Å². The van der Waals surface area contributed by atoms with Crippen LogP contribution in [0, 0.1) is 0 Å². The van der Waals surface area contributed by atoms with E-state index in [1.807, 2.05) is 0 Å². The number of carbonyl (C=O) groups is 2. The minimum Gasteiger partial charge on any atom is -0.478 e. The summed E-state index contributed by atoms with van der Waals surface area (Å²) >= 11 is 0. The summed E-state index contributed by atoms with van der Waals surface area (Å²) in [6.45, 7) is 0.500. The van der Waals surface area contributed by atoms with Gasteiger partial charge in [-0.05, 0) is 24.3 Å². The second kappa shape index (κ2) is 6.14. The van der Waals surface area contributed by atoms with E-state index in [1.165, 1.54) is 24.3 Å². The van der Waals surface area contributed by atoms with E-state index in [1.54, 1.807) is 0 Å². The van der Waals surface area contributed by atoms with E-state index in [9.17, 15) is 9.59 Å². The van der Waals surface area contributed by atoms with Gasteiger partial charge < -0.3 is 15.3 Å². The van der Waals surface area contributed by atoms with Crippen LogP contribution in [0.4, 0.5) is 0 Å². The fraction of sp³-hybridized carbons (Fsp3) is 0. The van der Waals surface area contributed by atoms with Crippen LogP contribution in [-0.2, 0) is 4.79 Å².